The van der Waals surface area contributed by atoms with E-state index >= 15 is 0 Å². The molecular formula is C19H28ClN3O4. The highest BCUT2D eigenvalue weighted by molar-refractivity contribution is 6.00. The summed E-state index contributed by atoms with van der Waals surface area (Å²) in [6, 6.07) is 5.45. The smallest absolute Gasteiger partial charge is 0.227 e. The molecule has 1 aromatic rings. The zero-order chi connectivity index (χ0) is 18.7. The van der Waals surface area contributed by atoms with Crippen molar-refractivity contribution in [3.8, 4) is 11.5 Å². The first-order chi connectivity index (χ1) is 12.5. The van der Waals surface area contributed by atoms with E-state index in [1.54, 1.807) is 37.3 Å². The Hall–Kier alpha value is -1.99. The van der Waals surface area contributed by atoms with Crippen LogP contribution in [0.15, 0.2) is 18.2 Å². The summed E-state index contributed by atoms with van der Waals surface area (Å²) >= 11 is 0. The van der Waals surface area contributed by atoms with Gasteiger partial charge in [-0.05, 0) is 18.9 Å². The van der Waals surface area contributed by atoms with Crippen molar-refractivity contribution in [1.82, 2.24) is 10.6 Å². The van der Waals surface area contributed by atoms with Crippen molar-refractivity contribution in [2.75, 3.05) is 38.8 Å². The predicted molar refractivity (Wildman–Crippen MR) is 106 cm³/mol. The van der Waals surface area contributed by atoms with E-state index in [0.29, 0.717) is 29.6 Å². The molecule has 0 bridgehead atoms. The van der Waals surface area contributed by atoms with Gasteiger partial charge < -0.3 is 25.0 Å². The first-order valence-corrected chi connectivity index (χ1v) is 9.06. The van der Waals surface area contributed by atoms with Gasteiger partial charge >= 0.3 is 0 Å². The van der Waals surface area contributed by atoms with Gasteiger partial charge in [-0.2, -0.15) is 0 Å². The van der Waals surface area contributed by atoms with Crippen molar-refractivity contribution in [3.63, 3.8) is 0 Å². The fraction of sp³-hybridized carbons (Fsp3) is 0.579. The molecule has 150 valence electrons. The maximum atomic E-state index is 12.7. The second kappa shape index (κ2) is 9.28. The van der Waals surface area contributed by atoms with Crippen molar-refractivity contribution in [1.29, 1.82) is 0 Å². The van der Waals surface area contributed by atoms with Crippen LogP contribution in [0, 0.1) is 11.8 Å². The Balaban J connectivity index is 0.00000261. The molecule has 7 nitrogen and oxygen atoms in total. The average molecular weight is 398 g/mol. The third-order valence-electron chi connectivity index (χ3n) is 5.30. The van der Waals surface area contributed by atoms with Gasteiger partial charge in [0.1, 0.15) is 11.5 Å². The van der Waals surface area contributed by atoms with Crippen LogP contribution in [0.1, 0.15) is 19.8 Å². The molecule has 3 rings (SSSR count). The van der Waals surface area contributed by atoms with Crippen LogP contribution in [0.5, 0.6) is 11.5 Å². The predicted octanol–water partition coefficient (Wildman–Crippen LogP) is 1.59. The summed E-state index contributed by atoms with van der Waals surface area (Å²) in [6.07, 6.45) is 1.27. The van der Waals surface area contributed by atoms with Gasteiger partial charge in [-0.15, -0.1) is 12.4 Å². The van der Waals surface area contributed by atoms with Crippen LogP contribution in [0.4, 0.5) is 5.69 Å². The maximum absolute atomic E-state index is 12.7. The number of ether oxygens (including phenoxy) is 2. The molecular weight excluding hydrogens is 370 g/mol. The normalized spacial score (nSPS) is 24.9. The minimum absolute atomic E-state index is 0. The van der Waals surface area contributed by atoms with Gasteiger partial charge in [0.05, 0.1) is 25.8 Å². The highest BCUT2D eigenvalue weighted by Crippen LogP contribution is 2.32. The highest BCUT2D eigenvalue weighted by Gasteiger charge is 2.37. The Morgan fingerprint density at radius 1 is 1.22 bits per heavy atom. The summed E-state index contributed by atoms with van der Waals surface area (Å²) in [5.74, 6) is 1.22. The van der Waals surface area contributed by atoms with Gasteiger partial charge in [0.2, 0.25) is 11.8 Å². The SMILES string of the molecule is COc1cc(OC)cc(N2CC(C(=O)NC3CNCCC3C)CC2=O)c1.Cl. The third kappa shape index (κ3) is 4.84. The van der Waals surface area contributed by atoms with Gasteiger partial charge in [-0.1, -0.05) is 6.92 Å². The third-order valence-corrected chi connectivity index (χ3v) is 5.30. The minimum Gasteiger partial charge on any atom is -0.497 e. The molecule has 0 aromatic heterocycles. The van der Waals surface area contributed by atoms with Gasteiger partial charge in [0.25, 0.3) is 0 Å². The quantitative estimate of drug-likeness (QED) is 0.788. The molecule has 0 saturated carbocycles. The summed E-state index contributed by atoms with van der Waals surface area (Å²) in [5.41, 5.74) is 0.689. The van der Waals surface area contributed by atoms with Crippen LogP contribution >= 0.6 is 12.4 Å². The number of hydrogen-bond donors (Lipinski definition) is 2. The van der Waals surface area contributed by atoms with Crippen molar-refractivity contribution in [2.45, 2.75) is 25.8 Å². The fourth-order valence-corrected chi connectivity index (χ4v) is 3.56. The number of carbonyl (C=O) groups excluding carboxylic acids is 2. The van der Waals surface area contributed by atoms with Gasteiger partial charge in [0, 0.05) is 43.8 Å². The molecule has 2 heterocycles. The second-order valence-electron chi connectivity index (χ2n) is 7.06. The number of anilines is 1. The van der Waals surface area contributed by atoms with E-state index in [1.807, 2.05) is 0 Å². The Kier molecular flexibility index (Phi) is 7.33. The molecule has 3 atom stereocenters. The minimum atomic E-state index is -0.339. The first kappa shape index (κ1) is 21.3. The molecule has 0 aliphatic carbocycles. The van der Waals surface area contributed by atoms with E-state index in [1.165, 1.54) is 0 Å². The van der Waals surface area contributed by atoms with Crippen LogP contribution in [-0.2, 0) is 9.59 Å². The monoisotopic (exact) mass is 397 g/mol. The van der Waals surface area contributed by atoms with E-state index in [9.17, 15) is 9.59 Å². The number of carbonyl (C=O) groups is 2. The average Bonchev–Trinajstić information content (AvgIpc) is 3.05. The standard InChI is InChI=1S/C19H27N3O4.ClH/c1-12-4-5-20-10-17(12)21-19(24)13-6-18(23)22(11-13)14-7-15(25-2)9-16(8-14)26-3;/h7-9,12-13,17,20H,4-6,10-11H2,1-3H3,(H,21,24);1H. The molecule has 2 aliphatic heterocycles. The lowest BCUT2D eigenvalue weighted by Crippen LogP contribution is -2.51. The lowest BCUT2D eigenvalue weighted by molar-refractivity contribution is -0.127. The number of nitrogens with one attached hydrogen (secondary N) is 2. The zero-order valence-corrected chi connectivity index (χ0v) is 16.8. The number of halogens is 1. The molecule has 2 saturated heterocycles. The first-order valence-electron chi connectivity index (χ1n) is 9.06. The van der Waals surface area contributed by atoms with E-state index in [2.05, 4.69) is 17.6 Å². The van der Waals surface area contributed by atoms with Gasteiger partial charge in [-0.3, -0.25) is 9.59 Å². The van der Waals surface area contributed by atoms with E-state index in [-0.39, 0.29) is 42.6 Å². The molecule has 8 heteroatoms. The summed E-state index contributed by atoms with van der Waals surface area (Å²) in [4.78, 5) is 26.8. The van der Waals surface area contributed by atoms with Gasteiger partial charge in [0.15, 0.2) is 0 Å². The number of hydrogen-bond acceptors (Lipinski definition) is 5. The zero-order valence-electron chi connectivity index (χ0n) is 16.0. The van der Waals surface area contributed by atoms with Gasteiger partial charge in [-0.25, -0.2) is 0 Å². The molecule has 2 amide bonds. The number of amides is 2. The van der Waals surface area contributed by atoms with Crippen molar-refractivity contribution in [3.05, 3.63) is 18.2 Å². The van der Waals surface area contributed by atoms with Crippen LogP contribution in [0.3, 0.4) is 0 Å². The van der Waals surface area contributed by atoms with Crippen LogP contribution in [0.25, 0.3) is 0 Å². The van der Waals surface area contributed by atoms with E-state index in [4.69, 9.17) is 9.47 Å². The fourth-order valence-electron chi connectivity index (χ4n) is 3.56. The van der Waals surface area contributed by atoms with E-state index in [0.717, 1.165) is 19.5 Å². The molecule has 0 radical (unpaired) electrons. The van der Waals surface area contributed by atoms with Crippen molar-refractivity contribution in [2.24, 2.45) is 11.8 Å². The molecule has 27 heavy (non-hydrogen) atoms. The Labute approximate surface area is 166 Å². The summed E-state index contributed by atoms with van der Waals surface area (Å²) < 4.78 is 10.5. The maximum Gasteiger partial charge on any atom is 0.227 e. The van der Waals surface area contributed by atoms with E-state index < -0.39 is 0 Å². The Bertz CT molecular complexity index is 663. The highest BCUT2D eigenvalue weighted by atomic mass is 35.5. The molecule has 1 aromatic carbocycles. The number of benzene rings is 1. The molecule has 2 fully saturated rings. The number of methoxy groups -OCH3 is 2. The topological polar surface area (TPSA) is 79.9 Å². The molecule has 2 N–H and O–H groups in total. The van der Waals surface area contributed by atoms with Crippen LogP contribution < -0.4 is 25.0 Å². The lowest BCUT2D eigenvalue weighted by Gasteiger charge is -2.31. The molecule has 2 aliphatic rings. The van der Waals surface area contributed by atoms with Crippen LogP contribution in [0.2, 0.25) is 0 Å². The largest absolute Gasteiger partial charge is 0.497 e. The molecule has 0 spiro atoms. The van der Waals surface area contributed by atoms with Crippen molar-refractivity contribution >= 4 is 29.9 Å². The summed E-state index contributed by atoms with van der Waals surface area (Å²) in [7, 11) is 3.14. The van der Waals surface area contributed by atoms with Crippen molar-refractivity contribution < 1.29 is 19.1 Å². The number of nitrogens with zero attached hydrogens (tertiary/aromatic N) is 1. The summed E-state index contributed by atoms with van der Waals surface area (Å²) in [6.45, 7) is 4.29. The molecule has 3 unspecified atom stereocenters. The lowest BCUT2D eigenvalue weighted by atomic mass is 9.94. The Morgan fingerprint density at radius 3 is 2.48 bits per heavy atom. The van der Waals surface area contributed by atoms with Crippen LogP contribution in [-0.4, -0.2) is 51.7 Å². The second-order valence-corrected chi connectivity index (χ2v) is 7.06. The Morgan fingerprint density at radius 2 is 1.89 bits per heavy atom. The number of rotatable bonds is 5. The summed E-state index contributed by atoms with van der Waals surface area (Å²) in [5, 5.41) is 6.43. The number of piperidine rings is 1.